The number of ether oxygens (including phenoxy) is 1. The molecule has 33 heavy (non-hydrogen) atoms. The Hall–Kier alpha value is -1.74. The number of carbonyl (C=O) groups is 1. The first-order valence-corrected chi connectivity index (χ1v) is 14.1. The number of methoxy groups -OCH3 is 1. The first-order valence-electron chi connectivity index (χ1n) is 11.0. The number of halogens is 1. The fraction of sp³-hybridized carbons (Fsp3) is 0.458. The van der Waals surface area contributed by atoms with Crippen molar-refractivity contribution in [2.75, 3.05) is 19.9 Å². The SMILES string of the molecule is COc1ccc(S(=O)(=O)N(CC(=O)N[C@@H](C)c2ccc(SC)cc2)C2CCCCC2)cc1Cl. The molecule has 0 heterocycles. The Labute approximate surface area is 206 Å². The Morgan fingerprint density at radius 1 is 1.18 bits per heavy atom. The molecule has 0 saturated heterocycles. The highest BCUT2D eigenvalue weighted by molar-refractivity contribution is 7.98. The number of carbonyl (C=O) groups excluding carboxylic acids is 1. The van der Waals surface area contributed by atoms with Gasteiger partial charge in [0.1, 0.15) is 5.75 Å². The summed E-state index contributed by atoms with van der Waals surface area (Å²) in [7, 11) is -2.45. The summed E-state index contributed by atoms with van der Waals surface area (Å²) in [6.45, 7) is 1.67. The van der Waals surface area contributed by atoms with E-state index in [4.69, 9.17) is 16.3 Å². The second-order valence-electron chi connectivity index (χ2n) is 8.20. The number of thioether (sulfide) groups is 1. The van der Waals surface area contributed by atoms with Gasteiger partial charge in [-0.1, -0.05) is 43.0 Å². The van der Waals surface area contributed by atoms with Crippen LogP contribution in [0, 0.1) is 0 Å². The summed E-state index contributed by atoms with van der Waals surface area (Å²) in [4.78, 5) is 14.2. The van der Waals surface area contributed by atoms with Crippen LogP contribution in [0.25, 0.3) is 0 Å². The van der Waals surface area contributed by atoms with Crippen LogP contribution in [0.3, 0.4) is 0 Å². The molecule has 1 aliphatic carbocycles. The highest BCUT2D eigenvalue weighted by Crippen LogP contribution is 2.32. The largest absolute Gasteiger partial charge is 0.495 e. The van der Waals surface area contributed by atoms with Crippen molar-refractivity contribution in [2.45, 2.75) is 60.9 Å². The minimum atomic E-state index is -3.92. The Balaban J connectivity index is 1.81. The van der Waals surface area contributed by atoms with Gasteiger partial charge in [-0.05, 0) is 61.9 Å². The molecule has 0 aromatic heterocycles. The van der Waals surface area contributed by atoms with E-state index in [2.05, 4.69) is 5.32 Å². The molecule has 1 fully saturated rings. The van der Waals surface area contributed by atoms with Crippen LogP contribution in [-0.2, 0) is 14.8 Å². The molecule has 2 aromatic carbocycles. The molecule has 1 N–H and O–H groups in total. The van der Waals surface area contributed by atoms with Crippen molar-refractivity contribution in [3.05, 3.63) is 53.1 Å². The van der Waals surface area contributed by atoms with E-state index >= 15 is 0 Å². The van der Waals surface area contributed by atoms with E-state index in [1.54, 1.807) is 11.8 Å². The number of nitrogens with zero attached hydrogens (tertiary/aromatic N) is 1. The normalized spacial score (nSPS) is 15.9. The number of sulfonamides is 1. The van der Waals surface area contributed by atoms with E-state index in [1.165, 1.54) is 29.6 Å². The maximum Gasteiger partial charge on any atom is 0.243 e. The lowest BCUT2D eigenvalue weighted by molar-refractivity contribution is -0.122. The van der Waals surface area contributed by atoms with E-state index < -0.39 is 10.0 Å². The molecule has 6 nitrogen and oxygen atoms in total. The zero-order chi connectivity index (χ0) is 24.0. The molecule has 9 heteroatoms. The van der Waals surface area contributed by atoms with Gasteiger partial charge in [0.25, 0.3) is 0 Å². The predicted octanol–water partition coefficient (Wildman–Crippen LogP) is 5.27. The van der Waals surface area contributed by atoms with Crippen molar-refractivity contribution in [3.63, 3.8) is 0 Å². The quantitative estimate of drug-likeness (QED) is 0.465. The van der Waals surface area contributed by atoms with E-state index in [0.717, 1.165) is 42.6 Å². The molecule has 0 aliphatic heterocycles. The summed E-state index contributed by atoms with van der Waals surface area (Å²) >= 11 is 7.85. The van der Waals surface area contributed by atoms with Gasteiger partial charge in [-0.2, -0.15) is 4.31 Å². The first kappa shape index (κ1) is 25.9. The van der Waals surface area contributed by atoms with Crippen molar-refractivity contribution in [2.24, 2.45) is 0 Å². The van der Waals surface area contributed by atoms with E-state index in [-0.39, 0.29) is 34.5 Å². The molecule has 0 spiro atoms. The van der Waals surface area contributed by atoms with Crippen LogP contribution in [0.4, 0.5) is 0 Å². The molecule has 1 amide bonds. The first-order chi connectivity index (χ1) is 15.8. The second kappa shape index (κ2) is 11.6. The van der Waals surface area contributed by atoms with Gasteiger partial charge in [0, 0.05) is 10.9 Å². The van der Waals surface area contributed by atoms with Gasteiger partial charge in [0.15, 0.2) is 0 Å². The van der Waals surface area contributed by atoms with Crippen LogP contribution in [0.5, 0.6) is 5.75 Å². The topological polar surface area (TPSA) is 75.7 Å². The molecule has 0 radical (unpaired) electrons. The molecule has 2 aromatic rings. The van der Waals surface area contributed by atoms with E-state index in [1.807, 2.05) is 37.4 Å². The standard InChI is InChI=1S/C24H31ClN2O4S2/c1-17(18-9-11-20(32-3)12-10-18)26-24(28)16-27(19-7-5-4-6-8-19)33(29,30)21-13-14-23(31-2)22(25)15-21/h9-15,17,19H,4-8,16H2,1-3H3,(H,26,28)/t17-/m0/s1. The molecule has 1 saturated carbocycles. The lowest BCUT2D eigenvalue weighted by Gasteiger charge is -2.33. The maximum absolute atomic E-state index is 13.6. The van der Waals surface area contributed by atoms with Crippen LogP contribution in [0.2, 0.25) is 5.02 Å². The number of rotatable bonds is 9. The van der Waals surface area contributed by atoms with Gasteiger partial charge in [0.2, 0.25) is 15.9 Å². The molecule has 0 bridgehead atoms. The Morgan fingerprint density at radius 2 is 1.85 bits per heavy atom. The summed E-state index contributed by atoms with van der Waals surface area (Å²) < 4.78 is 33.7. The smallest absolute Gasteiger partial charge is 0.243 e. The third kappa shape index (κ3) is 6.44. The molecule has 3 rings (SSSR count). The number of hydrogen-bond donors (Lipinski definition) is 1. The minimum absolute atomic E-state index is 0.0624. The van der Waals surface area contributed by atoms with Gasteiger partial charge >= 0.3 is 0 Å². The van der Waals surface area contributed by atoms with Gasteiger partial charge in [-0.25, -0.2) is 8.42 Å². The van der Waals surface area contributed by atoms with Gasteiger partial charge in [-0.15, -0.1) is 11.8 Å². The fourth-order valence-electron chi connectivity index (χ4n) is 4.13. The molecule has 0 unspecified atom stereocenters. The monoisotopic (exact) mass is 510 g/mol. The summed E-state index contributed by atoms with van der Waals surface area (Å²) in [5.74, 6) is 0.0732. The molecular weight excluding hydrogens is 480 g/mol. The predicted molar refractivity (Wildman–Crippen MR) is 134 cm³/mol. The minimum Gasteiger partial charge on any atom is -0.495 e. The second-order valence-corrected chi connectivity index (χ2v) is 11.4. The van der Waals surface area contributed by atoms with Crippen molar-refractivity contribution >= 4 is 39.3 Å². The Bertz CT molecular complexity index is 1050. The summed E-state index contributed by atoms with van der Waals surface area (Å²) in [6.07, 6.45) is 6.45. The van der Waals surface area contributed by atoms with Gasteiger partial charge in [-0.3, -0.25) is 4.79 Å². The average Bonchev–Trinajstić information content (AvgIpc) is 2.83. The lowest BCUT2D eigenvalue weighted by atomic mass is 9.95. The van der Waals surface area contributed by atoms with Crippen LogP contribution in [0.1, 0.15) is 50.6 Å². The highest BCUT2D eigenvalue weighted by atomic mass is 35.5. The van der Waals surface area contributed by atoms with Crippen molar-refractivity contribution in [1.82, 2.24) is 9.62 Å². The van der Waals surface area contributed by atoms with Gasteiger partial charge < -0.3 is 10.1 Å². The van der Waals surface area contributed by atoms with Crippen molar-refractivity contribution in [1.29, 1.82) is 0 Å². The van der Waals surface area contributed by atoms with Crippen molar-refractivity contribution < 1.29 is 17.9 Å². The van der Waals surface area contributed by atoms with Gasteiger partial charge in [0.05, 0.1) is 29.6 Å². The van der Waals surface area contributed by atoms with Crippen LogP contribution < -0.4 is 10.1 Å². The Kier molecular flexibility index (Phi) is 9.09. The van der Waals surface area contributed by atoms with Crippen molar-refractivity contribution in [3.8, 4) is 5.75 Å². The summed E-state index contributed by atoms with van der Waals surface area (Å²) in [5, 5.41) is 3.18. The van der Waals surface area contributed by atoms with Crippen LogP contribution >= 0.6 is 23.4 Å². The Morgan fingerprint density at radius 3 is 2.42 bits per heavy atom. The highest BCUT2D eigenvalue weighted by Gasteiger charge is 2.34. The summed E-state index contributed by atoms with van der Waals surface area (Å²) in [6, 6.07) is 11.9. The third-order valence-corrected chi connectivity index (χ3v) is 8.94. The number of amides is 1. The molecule has 1 atom stereocenters. The maximum atomic E-state index is 13.6. The average molecular weight is 511 g/mol. The number of benzene rings is 2. The van der Waals surface area contributed by atoms with E-state index in [9.17, 15) is 13.2 Å². The third-order valence-electron chi connectivity index (χ3n) is 6.00. The van der Waals surface area contributed by atoms with E-state index in [0.29, 0.717) is 5.75 Å². The number of nitrogens with one attached hydrogen (secondary N) is 1. The summed E-state index contributed by atoms with van der Waals surface area (Å²) in [5.41, 5.74) is 0.968. The molecule has 180 valence electrons. The lowest BCUT2D eigenvalue weighted by Crippen LogP contribution is -2.47. The van der Waals surface area contributed by atoms with Crippen LogP contribution in [0.15, 0.2) is 52.3 Å². The molecule has 1 aliphatic rings. The zero-order valence-electron chi connectivity index (χ0n) is 19.2. The zero-order valence-corrected chi connectivity index (χ0v) is 21.6. The van der Waals surface area contributed by atoms with Crippen LogP contribution in [-0.4, -0.2) is 44.6 Å². The molecular formula is C24H31ClN2O4S2. The number of hydrogen-bond acceptors (Lipinski definition) is 5. The fourth-order valence-corrected chi connectivity index (χ4v) is 6.53.